The molecule has 1 aromatic carbocycles. The average molecular weight is 427 g/mol. The minimum atomic E-state index is -0.210. The number of halogens is 1. The van der Waals surface area contributed by atoms with Gasteiger partial charge in [-0.25, -0.2) is 14.4 Å². The van der Waals surface area contributed by atoms with Gasteiger partial charge in [0.1, 0.15) is 5.82 Å². The molecule has 2 saturated heterocycles. The molecule has 1 aromatic heterocycles. The lowest BCUT2D eigenvalue weighted by atomic mass is 9.95. The number of piperidine rings is 1. The van der Waals surface area contributed by atoms with E-state index in [-0.39, 0.29) is 23.7 Å². The molecule has 0 aliphatic carbocycles. The van der Waals surface area contributed by atoms with Crippen LogP contribution in [0.25, 0.3) is 0 Å². The van der Waals surface area contributed by atoms with Crippen LogP contribution < -0.4 is 15.8 Å². The summed E-state index contributed by atoms with van der Waals surface area (Å²) in [5.41, 5.74) is 7.74. The van der Waals surface area contributed by atoms with Gasteiger partial charge in [-0.1, -0.05) is 12.1 Å². The summed E-state index contributed by atoms with van der Waals surface area (Å²) in [5.74, 6) is 0.866. The number of anilines is 1. The monoisotopic (exact) mass is 426 g/mol. The fourth-order valence-electron chi connectivity index (χ4n) is 4.50. The third-order valence-corrected chi connectivity index (χ3v) is 6.36. The van der Waals surface area contributed by atoms with E-state index in [4.69, 9.17) is 0 Å². The van der Waals surface area contributed by atoms with Crippen molar-refractivity contribution in [2.24, 2.45) is 5.92 Å². The Bertz CT molecular complexity index is 841. The van der Waals surface area contributed by atoms with Gasteiger partial charge in [0.15, 0.2) is 0 Å². The van der Waals surface area contributed by atoms with Crippen molar-refractivity contribution in [3.8, 4) is 0 Å². The van der Waals surface area contributed by atoms with Crippen LogP contribution in [0.3, 0.4) is 0 Å². The van der Waals surface area contributed by atoms with E-state index in [1.54, 1.807) is 12.4 Å². The summed E-state index contributed by atoms with van der Waals surface area (Å²) in [6, 6.07) is 9.04. The Kier molecular flexibility index (Phi) is 7.09. The first-order chi connectivity index (χ1) is 15.1. The van der Waals surface area contributed by atoms with Gasteiger partial charge in [-0.15, -0.1) is 0 Å². The van der Waals surface area contributed by atoms with Gasteiger partial charge >= 0.3 is 0 Å². The SMILES string of the molecule is CN(CCCC1CC(c2ccc(F)cc2)NN1)C(=O)C1CCN(c2ncccn2)CC1. The summed E-state index contributed by atoms with van der Waals surface area (Å²) in [5, 5.41) is 0. The van der Waals surface area contributed by atoms with Gasteiger partial charge in [0.2, 0.25) is 11.9 Å². The molecule has 31 heavy (non-hydrogen) atoms. The summed E-state index contributed by atoms with van der Waals surface area (Å²) in [6.45, 7) is 2.40. The molecule has 2 atom stereocenters. The highest BCUT2D eigenvalue weighted by Gasteiger charge is 2.29. The molecule has 0 bridgehead atoms. The van der Waals surface area contributed by atoms with Crippen molar-refractivity contribution >= 4 is 11.9 Å². The van der Waals surface area contributed by atoms with Gasteiger partial charge in [0, 0.05) is 57.1 Å². The maximum atomic E-state index is 13.1. The fraction of sp³-hybridized carbons (Fsp3) is 0.522. The Labute approximate surface area is 183 Å². The second-order valence-electron chi connectivity index (χ2n) is 8.54. The van der Waals surface area contributed by atoms with E-state index in [2.05, 4.69) is 25.7 Å². The van der Waals surface area contributed by atoms with E-state index >= 15 is 0 Å². The van der Waals surface area contributed by atoms with Crippen LogP contribution in [0.15, 0.2) is 42.7 Å². The predicted octanol–water partition coefficient (Wildman–Crippen LogP) is 2.68. The highest BCUT2D eigenvalue weighted by molar-refractivity contribution is 5.78. The number of carbonyl (C=O) groups is 1. The molecule has 2 fully saturated rings. The zero-order valence-electron chi connectivity index (χ0n) is 18.0. The lowest BCUT2D eigenvalue weighted by Gasteiger charge is -2.33. The normalized spacial score (nSPS) is 21.9. The predicted molar refractivity (Wildman–Crippen MR) is 118 cm³/mol. The molecule has 4 rings (SSSR count). The lowest BCUT2D eigenvalue weighted by molar-refractivity contribution is -0.134. The van der Waals surface area contributed by atoms with Gasteiger partial charge in [-0.2, -0.15) is 0 Å². The van der Waals surface area contributed by atoms with Crippen LogP contribution in [-0.4, -0.2) is 53.5 Å². The Hall–Kier alpha value is -2.58. The number of benzene rings is 1. The molecule has 166 valence electrons. The molecule has 2 aliphatic rings. The average Bonchev–Trinajstić information content (AvgIpc) is 3.28. The van der Waals surface area contributed by atoms with Crippen molar-refractivity contribution in [3.63, 3.8) is 0 Å². The van der Waals surface area contributed by atoms with Crippen molar-refractivity contribution in [2.75, 3.05) is 31.6 Å². The van der Waals surface area contributed by atoms with Gasteiger partial charge in [-0.05, 0) is 55.9 Å². The van der Waals surface area contributed by atoms with Gasteiger partial charge < -0.3 is 9.80 Å². The standard InChI is InChI=1S/C23H31FN6O/c1-29(22(31)18-9-14-30(15-10-18)23-25-11-3-12-26-23)13-2-4-20-16-21(28-27-20)17-5-7-19(24)8-6-17/h3,5-8,11-12,18,20-21,27-28H,2,4,9-10,13-16H2,1H3. The zero-order chi connectivity index (χ0) is 21.6. The number of nitrogens with one attached hydrogen (secondary N) is 2. The molecule has 2 unspecified atom stereocenters. The summed E-state index contributed by atoms with van der Waals surface area (Å²) >= 11 is 0. The summed E-state index contributed by atoms with van der Waals surface area (Å²) in [6.07, 6.45) is 8.10. The van der Waals surface area contributed by atoms with Crippen LogP contribution >= 0.6 is 0 Å². The van der Waals surface area contributed by atoms with Crippen molar-refractivity contribution in [3.05, 3.63) is 54.1 Å². The molecule has 8 heteroatoms. The number of hydrogen-bond donors (Lipinski definition) is 2. The molecular weight excluding hydrogens is 395 g/mol. The molecule has 3 heterocycles. The van der Waals surface area contributed by atoms with Crippen LogP contribution in [-0.2, 0) is 4.79 Å². The van der Waals surface area contributed by atoms with E-state index in [1.807, 2.05) is 30.1 Å². The first-order valence-electron chi connectivity index (χ1n) is 11.1. The van der Waals surface area contributed by atoms with Crippen molar-refractivity contribution in [1.82, 2.24) is 25.7 Å². The summed E-state index contributed by atoms with van der Waals surface area (Å²) < 4.78 is 13.1. The Morgan fingerprint density at radius 1 is 1.16 bits per heavy atom. The van der Waals surface area contributed by atoms with Crippen molar-refractivity contribution in [1.29, 1.82) is 0 Å². The van der Waals surface area contributed by atoms with Crippen LogP contribution in [0.1, 0.15) is 43.7 Å². The smallest absolute Gasteiger partial charge is 0.225 e. The maximum absolute atomic E-state index is 13.1. The Morgan fingerprint density at radius 3 is 2.58 bits per heavy atom. The van der Waals surface area contributed by atoms with Gasteiger partial charge in [-0.3, -0.25) is 15.6 Å². The first-order valence-corrected chi connectivity index (χ1v) is 11.1. The van der Waals surface area contributed by atoms with Crippen molar-refractivity contribution < 1.29 is 9.18 Å². The number of hydrogen-bond acceptors (Lipinski definition) is 6. The van der Waals surface area contributed by atoms with Crippen LogP contribution in [0.5, 0.6) is 0 Å². The molecule has 2 aliphatic heterocycles. The number of hydrazine groups is 1. The second kappa shape index (κ2) is 10.2. The third-order valence-electron chi connectivity index (χ3n) is 6.36. The van der Waals surface area contributed by atoms with Crippen LogP contribution in [0.2, 0.25) is 0 Å². The van der Waals surface area contributed by atoms with E-state index < -0.39 is 0 Å². The highest BCUT2D eigenvalue weighted by atomic mass is 19.1. The second-order valence-corrected chi connectivity index (χ2v) is 8.54. The van der Waals surface area contributed by atoms with Crippen LogP contribution in [0.4, 0.5) is 10.3 Å². The lowest BCUT2D eigenvalue weighted by Crippen LogP contribution is -2.42. The largest absolute Gasteiger partial charge is 0.346 e. The molecule has 0 saturated carbocycles. The number of nitrogens with zero attached hydrogens (tertiary/aromatic N) is 4. The molecule has 2 aromatic rings. The van der Waals surface area contributed by atoms with Gasteiger partial charge in [0.05, 0.1) is 0 Å². The maximum Gasteiger partial charge on any atom is 0.225 e. The van der Waals surface area contributed by atoms with Crippen molar-refractivity contribution in [2.45, 2.75) is 44.2 Å². The molecule has 7 nitrogen and oxygen atoms in total. The molecule has 1 amide bonds. The molecule has 0 spiro atoms. The minimum absolute atomic E-state index is 0.0825. The summed E-state index contributed by atoms with van der Waals surface area (Å²) in [7, 11) is 1.91. The number of carbonyl (C=O) groups excluding carboxylic acids is 1. The van der Waals surface area contributed by atoms with E-state index in [1.165, 1.54) is 12.1 Å². The Balaban J connectivity index is 1.16. The first kappa shape index (κ1) is 21.6. The van der Waals surface area contributed by atoms with E-state index in [0.29, 0.717) is 6.04 Å². The molecule has 2 N–H and O–H groups in total. The number of aromatic nitrogens is 2. The number of amides is 1. The van der Waals surface area contributed by atoms with Crippen LogP contribution in [0, 0.1) is 11.7 Å². The third kappa shape index (κ3) is 5.57. The topological polar surface area (TPSA) is 73.4 Å². The molecule has 0 radical (unpaired) electrons. The van der Waals surface area contributed by atoms with Gasteiger partial charge in [0.25, 0.3) is 0 Å². The number of rotatable bonds is 7. The quantitative estimate of drug-likeness (QED) is 0.709. The Morgan fingerprint density at radius 2 is 1.87 bits per heavy atom. The van der Waals surface area contributed by atoms with E-state index in [9.17, 15) is 9.18 Å². The minimum Gasteiger partial charge on any atom is -0.346 e. The van der Waals surface area contributed by atoms with E-state index in [0.717, 1.165) is 63.3 Å². The highest BCUT2D eigenvalue weighted by Crippen LogP contribution is 2.25. The zero-order valence-corrected chi connectivity index (χ0v) is 18.0. The summed E-state index contributed by atoms with van der Waals surface area (Å²) in [4.78, 5) is 25.5. The molecular formula is C23H31FN6O. The fourth-order valence-corrected chi connectivity index (χ4v) is 4.50.